The number of para-hydroxylation sites is 2. The van der Waals surface area contributed by atoms with E-state index < -0.39 is 0 Å². The molecule has 1 heterocycles. The van der Waals surface area contributed by atoms with Gasteiger partial charge < -0.3 is 14.5 Å². The number of anilines is 2. The van der Waals surface area contributed by atoms with Crippen LogP contribution in [-0.2, 0) is 16.1 Å². The Bertz CT molecular complexity index is 1030. The second-order valence-corrected chi connectivity index (χ2v) is 7.35. The van der Waals surface area contributed by atoms with Crippen molar-refractivity contribution in [2.24, 2.45) is 0 Å². The summed E-state index contributed by atoms with van der Waals surface area (Å²) < 4.78 is 5.49. The molecule has 0 radical (unpaired) electrons. The van der Waals surface area contributed by atoms with Crippen LogP contribution in [0.15, 0.2) is 78.9 Å². The Morgan fingerprint density at radius 2 is 1.67 bits per heavy atom. The van der Waals surface area contributed by atoms with Crippen molar-refractivity contribution in [1.82, 2.24) is 0 Å². The number of amides is 2. The average Bonchev–Trinajstić information content (AvgIpc) is 2.78. The fourth-order valence-electron chi connectivity index (χ4n) is 3.56. The van der Waals surface area contributed by atoms with Gasteiger partial charge in [-0.1, -0.05) is 60.2 Å². The van der Waals surface area contributed by atoms with E-state index in [1.165, 1.54) is 0 Å². The van der Waals surface area contributed by atoms with Gasteiger partial charge in [-0.05, 0) is 36.8 Å². The summed E-state index contributed by atoms with van der Waals surface area (Å²) in [5.74, 6) is 0.509. The molecule has 0 N–H and O–H groups in total. The molecule has 1 aliphatic heterocycles. The molecule has 1 aliphatic rings. The maximum absolute atomic E-state index is 13.3. The zero-order chi connectivity index (χ0) is 20.9. The zero-order valence-corrected chi connectivity index (χ0v) is 17.0. The number of fused-ring (bicyclic) bond motifs is 1. The predicted molar refractivity (Wildman–Crippen MR) is 118 cm³/mol. The van der Waals surface area contributed by atoms with Crippen LogP contribution in [-0.4, -0.2) is 25.0 Å². The normalized spacial score (nSPS) is 12.8. The van der Waals surface area contributed by atoms with Crippen molar-refractivity contribution < 1.29 is 14.3 Å². The minimum absolute atomic E-state index is 0.00308. The molecule has 3 aromatic carbocycles. The highest BCUT2D eigenvalue weighted by molar-refractivity contribution is 5.99. The van der Waals surface area contributed by atoms with Gasteiger partial charge in [0.05, 0.1) is 12.2 Å². The molecule has 0 saturated heterocycles. The van der Waals surface area contributed by atoms with Crippen molar-refractivity contribution in [3.63, 3.8) is 0 Å². The predicted octanol–water partition coefficient (Wildman–Crippen LogP) is 4.34. The topological polar surface area (TPSA) is 49.9 Å². The van der Waals surface area contributed by atoms with E-state index in [1.807, 2.05) is 85.8 Å². The summed E-state index contributed by atoms with van der Waals surface area (Å²) in [5.41, 5.74) is 3.76. The number of hydrogen-bond donors (Lipinski definition) is 0. The quantitative estimate of drug-likeness (QED) is 0.618. The number of nitrogens with zero attached hydrogens (tertiary/aromatic N) is 2. The number of ether oxygens (including phenoxy) is 1. The number of rotatable bonds is 6. The lowest BCUT2D eigenvalue weighted by atomic mass is 10.1. The molecule has 0 unspecified atom stereocenters. The van der Waals surface area contributed by atoms with Gasteiger partial charge in [0.2, 0.25) is 5.91 Å². The molecule has 0 bridgehead atoms. The van der Waals surface area contributed by atoms with Crippen LogP contribution in [0.25, 0.3) is 0 Å². The molecule has 5 nitrogen and oxygen atoms in total. The van der Waals surface area contributed by atoms with Crippen molar-refractivity contribution in [1.29, 1.82) is 0 Å². The van der Waals surface area contributed by atoms with Gasteiger partial charge in [-0.2, -0.15) is 0 Å². The van der Waals surface area contributed by atoms with Crippen molar-refractivity contribution in [2.45, 2.75) is 19.9 Å². The Labute approximate surface area is 176 Å². The van der Waals surface area contributed by atoms with Crippen molar-refractivity contribution in [3.05, 3.63) is 90.0 Å². The molecule has 0 spiro atoms. The molecular formula is C25H24N2O3. The lowest BCUT2D eigenvalue weighted by Crippen LogP contribution is -2.41. The molecule has 4 rings (SSSR count). The van der Waals surface area contributed by atoms with Crippen LogP contribution in [0.1, 0.15) is 17.5 Å². The van der Waals surface area contributed by atoms with Crippen LogP contribution in [0.5, 0.6) is 5.75 Å². The van der Waals surface area contributed by atoms with Crippen molar-refractivity contribution in [3.8, 4) is 5.75 Å². The SMILES string of the molecule is Cc1ccc(N(Cc2ccccc2)C(=O)CCN2C(=O)COc3ccccc32)cc1. The Morgan fingerprint density at radius 1 is 0.967 bits per heavy atom. The van der Waals surface area contributed by atoms with Crippen LogP contribution < -0.4 is 14.5 Å². The molecule has 0 aliphatic carbocycles. The Kier molecular flexibility index (Phi) is 5.80. The summed E-state index contributed by atoms with van der Waals surface area (Å²) in [7, 11) is 0. The third-order valence-corrected chi connectivity index (χ3v) is 5.19. The monoisotopic (exact) mass is 400 g/mol. The summed E-state index contributed by atoms with van der Waals surface area (Å²) in [5, 5.41) is 0. The number of carbonyl (C=O) groups is 2. The van der Waals surface area contributed by atoms with E-state index >= 15 is 0 Å². The first-order valence-corrected chi connectivity index (χ1v) is 10.0. The smallest absolute Gasteiger partial charge is 0.265 e. The minimum atomic E-state index is -0.133. The van der Waals surface area contributed by atoms with Gasteiger partial charge in [0.1, 0.15) is 5.75 Å². The number of aryl methyl sites for hydroxylation is 1. The second-order valence-electron chi connectivity index (χ2n) is 7.35. The zero-order valence-electron chi connectivity index (χ0n) is 17.0. The highest BCUT2D eigenvalue weighted by Gasteiger charge is 2.26. The van der Waals surface area contributed by atoms with E-state index in [0.717, 1.165) is 16.8 Å². The molecule has 5 heteroatoms. The van der Waals surface area contributed by atoms with E-state index in [2.05, 4.69) is 0 Å². The first-order valence-electron chi connectivity index (χ1n) is 10.0. The first-order chi connectivity index (χ1) is 14.6. The van der Waals surface area contributed by atoms with Crippen LogP contribution in [0.4, 0.5) is 11.4 Å². The lowest BCUT2D eigenvalue weighted by Gasteiger charge is -2.30. The summed E-state index contributed by atoms with van der Waals surface area (Å²) in [4.78, 5) is 29.1. The molecule has 2 amide bonds. The fraction of sp³-hybridized carbons (Fsp3) is 0.200. The maximum atomic E-state index is 13.3. The molecule has 152 valence electrons. The van der Waals surface area contributed by atoms with Gasteiger partial charge in [0.15, 0.2) is 6.61 Å². The Hall–Kier alpha value is -3.60. The van der Waals surface area contributed by atoms with E-state index in [4.69, 9.17) is 4.74 Å². The summed E-state index contributed by atoms with van der Waals surface area (Å²) >= 11 is 0. The Morgan fingerprint density at radius 3 is 2.43 bits per heavy atom. The molecule has 0 saturated carbocycles. The van der Waals surface area contributed by atoms with Gasteiger partial charge in [-0.25, -0.2) is 0 Å². The van der Waals surface area contributed by atoms with Crippen molar-refractivity contribution in [2.75, 3.05) is 23.0 Å². The highest BCUT2D eigenvalue weighted by atomic mass is 16.5. The molecular weight excluding hydrogens is 376 g/mol. The number of hydrogen-bond acceptors (Lipinski definition) is 3. The van der Waals surface area contributed by atoms with E-state index in [1.54, 1.807) is 9.80 Å². The van der Waals surface area contributed by atoms with Crippen molar-refractivity contribution >= 4 is 23.2 Å². The van der Waals surface area contributed by atoms with Crippen LogP contribution in [0.2, 0.25) is 0 Å². The third kappa shape index (κ3) is 4.35. The fourth-order valence-corrected chi connectivity index (χ4v) is 3.56. The summed E-state index contributed by atoms with van der Waals surface area (Å²) in [6.45, 7) is 2.82. The van der Waals surface area contributed by atoms with Gasteiger partial charge in [0.25, 0.3) is 5.91 Å². The molecule has 0 fully saturated rings. The first kappa shape index (κ1) is 19.7. The van der Waals surface area contributed by atoms with Crippen LogP contribution in [0, 0.1) is 6.92 Å². The lowest BCUT2D eigenvalue weighted by molar-refractivity contribution is -0.121. The molecule has 3 aromatic rings. The van der Waals surface area contributed by atoms with Crippen LogP contribution in [0.3, 0.4) is 0 Å². The van der Waals surface area contributed by atoms with Gasteiger partial charge >= 0.3 is 0 Å². The second kappa shape index (κ2) is 8.82. The highest BCUT2D eigenvalue weighted by Crippen LogP contribution is 2.31. The van der Waals surface area contributed by atoms with E-state index in [-0.39, 0.29) is 24.8 Å². The molecule has 30 heavy (non-hydrogen) atoms. The van der Waals surface area contributed by atoms with Gasteiger partial charge in [-0.15, -0.1) is 0 Å². The number of benzene rings is 3. The standard InChI is InChI=1S/C25H24N2O3/c1-19-11-13-21(14-12-19)27(17-20-7-3-2-4-8-20)24(28)15-16-26-22-9-5-6-10-23(22)30-18-25(26)29/h2-14H,15-18H2,1H3. The minimum Gasteiger partial charge on any atom is -0.482 e. The van der Waals surface area contributed by atoms with Crippen LogP contribution >= 0.6 is 0 Å². The van der Waals surface area contributed by atoms with E-state index in [0.29, 0.717) is 24.5 Å². The summed E-state index contributed by atoms with van der Waals surface area (Å²) in [6.07, 6.45) is 0.223. The van der Waals surface area contributed by atoms with Gasteiger partial charge in [-0.3, -0.25) is 9.59 Å². The van der Waals surface area contributed by atoms with E-state index in [9.17, 15) is 9.59 Å². The summed E-state index contributed by atoms with van der Waals surface area (Å²) in [6, 6.07) is 25.3. The largest absolute Gasteiger partial charge is 0.482 e. The average molecular weight is 400 g/mol. The molecule has 0 aromatic heterocycles. The van der Waals surface area contributed by atoms with Gasteiger partial charge in [0, 0.05) is 18.7 Å². The Balaban J connectivity index is 1.53. The number of carbonyl (C=O) groups excluding carboxylic acids is 2. The molecule has 0 atom stereocenters. The maximum Gasteiger partial charge on any atom is 0.265 e. The third-order valence-electron chi connectivity index (χ3n) is 5.19.